The van der Waals surface area contributed by atoms with Gasteiger partial charge >= 0.3 is 0 Å². The molecule has 4 rings (SSSR count). The maximum Gasteiger partial charge on any atom is 0.255 e. The summed E-state index contributed by atoms with van der Waals surface area (Å²) in [6.45, 7) is 0. The monoisotopic (exact) mass is 419 g/mol. The Morgan fingerprint density at radius 1 is 0.931 bits per heavy atom. The van der Waals surface area contributed by atoms with Crippen LogP contribution in [0.1, 0.15) is 10.4 Å². The van der Waals surface area contributed by atoms with Crippen molar-refractivity contribution in [2.24, 2.45) is 0 Å². The molecular weight excluding hydrogens is 402 g/mol. The minimum Gasteiger partial charge on any atom is -0.322 e. The van der Waals surface area contributed by atoms with Gasteiger partial charge in [-0.1, -0.05) is 35.7 Å². The number of nitrogens with one attached hydrogen (secondary N) is 1. The third-order valence-electron chi connectivity index (χ3n) is 4.02. The van der Waals surface area contributed by atoms with E-state index in [1.807, 2.05) is 59.5 Å². The molecule has 3 heterocycles. The molecule has 0 unspecified atom stereocenters. The Balaban J connectivity index is 1.51. The van der Waals surface area contributed by atoms with Gasteiger partial charge in [0.25, 0.3) is 5.91 Å². The predicted octanol–water partition coefficient (Wildman–Crippen LogP) is 4.79. The highest BCUT2D eigenvalue weighted by Gasteiger charge is 2.10. The standard InChI is InChI=1S/C21H17N5OS2/c1-28-21-24-11-12-26(21)17-6-4-5-15(13-17)20(27)25-16-8-10-23-19(14-16)29-18-7-2-3-9-22-18/h2-14H,1H3,(H,23,25,27). The van der Waals surface area contributed by atoms with E-state index in [1.54, 1.807) is 42.5 Å². The normalized spacial score (nSPS) is 10.7. The number of nitrogens with zero attached hydrogens (tertiary/aromatic N) is 4. The fraction of sp³-hybridized carbons (Fsp3) is 0.0476. The van der Waals surface area contributed by atoms with Gasteiger partial charge in [-0.3, -0.25) is 9.36 Å². The molecule has 1 N–H and O–H groups in total. The largest absolute Gasteiger partial charge is 0.322 e. The van der Waals surface area contributed by atoms with E-state index in [4.69, 9.17) is 0 Å². The second-order valence-electron chi connectivity index (χ2n) is 5.94. The number of hydrogen-bond donors (Lipinski definition) is 1. The first-order valence-corrected chi connectivity index (χ1v) is 10.8. The number of imidazole rings is 1. The topological polar surface area (TPSA) is 72.7 Å². The lowest BCUT2D eigenvalue weighted by Gasteiger charge is -2.10. The van der Waals surface area contributed by atoms with E-state index in [2.05, 4.69) is 20.3 Å². The number of anilines is 1. The molecule has 3 aromatic heterocycles. The summed E-state index contributed by atoms with van der Waals surface area (Å²) < 4.78 is 1.95. The fourth-order valence-electron chi connectivity index (χ4n) is 2.70. The summed E-state index contributed by atoms with van der Waals surface area (Å²) in [7, 11) is 0. The molecule has 0 bridgehead atoms. The van der Waals surface area contributed by atoms with Gasteiger partial charge in [0, 0.05) is 41.7 Å². The molecule has 0 fully saturated rings. The minimum absolute atomic E-state index is 0.183. The quantitative estimate of drug-likeness (QED) is 0.453. The van der Waals surface area contributed by atoms with Crippen molar-refractivity contribution in [3.8, 4) is 5.69 Å². The highest BCUT2D eigenvalue weighted by Crippen LogP contribution is 2.26. The number of carbonyl (C=O) groups excluding carboxylic acids is 1. The lowest BCUT2D eigenvalue weighted by atomic mass is 10.2. The summed E-state index contributed by atoms with van der Waals surface area (Å²) in [6.07, 6.45) is 9.01. The zero-order valence-electron chi connectivity index (χ0n) is 15.5. The van der Waals surface area contributed by atoms with Crippen LogP contribution in [-0.4, -0.2) is 31.7 Å². The van der Waals surface area contributed by atoms with Gasteiger partial charge in [0.15, 0.2) is 5.16 Å². The highest BCUT2D eigenvalue weighted by molar-refractivity contribution is 7.99. The van der Waals surface area contributed by atoms with Crippen molar-refractivity contribution in [2.75, 3.05) is 11.6 Å². The number of rotatable bonds is 6. The number of pyridine rings is 2. The average molecular weight is 420 g/mol. The molecule has 4 aromatic rings. The fourth-order valence-corrected chi connectivity index (χ4v) is 4.00. The van der Waals surface area contributed by atoms with Gasteiger partial charge in [-0.25, -0.2) is 15.0 Å². The summed E-state index contributed by atoms with van der Waals surface area (Å²) in [6, 6.07) is 16.8. The maximum atomic E-state index is 12.8. The third-order valence-corrected chi connectivity index (χ3v) is 5.57. The van der Waals surface area contributed by atoms with Crippen LogP contribution in [0.15, 0.2) is 94.6 Å². The summed E-state index contributed by atoms with van der Waals surface area (Å²) in [5.74, 6) is -0.183. The van der Waals surface area contributed by atoms with E-state index in [-0.39, 0.29) is 5.91 Å². The number of amides is 1. The van der Waals surface area contributed by atoms with Gasteiger partial charge < -0.3 is 5.32 Å². The van der Waals surface area contributed by atoms with Crippen molar-refractivity contribution >= 4 is 35.1 Å². The molecular formula is C21H17N5OS2. The van der Waals surface area contributed by atoms with Crippen LogP contribution in [0.25, 0.3) is 5.69 Å². The zero-order chi connectivity index (χ0) is 20.1. The van der Waals surface area contributed by atoms with Crippen LogP contribution < -0.4 is 5.32 Å². The SMILES string of the molecule is CSc1nccn1-c1cccc(C(=O)Nc2ccnc(Sc3ccccn3)c2)c1. The Hall–Kier alpha value is -3.10. The van der Waals surface area contributed by atoms with E-state index >= 15 is 0 Å². The summed E-state index contributed by atoms with van der Waals surface area (Å²) in [5.41, 5.74) is 2.14. The van der Waals surface area contributed by atoms with E-state index in [9.17, 15) is 4.79 Å². The predicted molar refractivity (Wildman–Crippen MR) is 116 cm³/mol. The van der Waals surface area contributed by atoms with Gasteiger partial charge in [0.2, 0.25) is 0 Å². The number of hydrogen-bond acceptors (Lipinski definition) is 6. The molecule has 144 valence electrons. The molecule has 8 heteroatoms. The Morgan fingerprint density at radius 2 is 1.83 bits per heavy atom. The summed E-state index contributed by atoms with van der Waals surface area (Å²) in [5, 5.41) is 5.42. The van der Waals surface area contributed by atoms with Gasteiger partial charge in [0.05, 0.1) is 0 Å². The smallest absolute Gasteiger partial charge is 0.255 e. The number of thioether (sulfide) groups is 1. The molecule has 29 heavy (non-hydrogen) atoms. The van der Waals surface area contributed by atoms with Crippen molar-refractivity contribution in [1.82, 2.24) is 19.5 Å². The van der Waals surface area contributed by atoms with Gasteiger partial charge in [-0.15, -0.1) is 0 Å². The van der Waals surface area contributed by atoms with Gasteiger partial charge in [0.1, 0.15) is 10.1 Å². The molecule has 1 aromatic carbocycles. The van der Waals surface area contributed by atoms with Crippen LogP contribution in [0, 0.1) is 0 Å². The molecule has 0 saturated heterocycles. The van der Waals surface area contributed by atoms with Crippen molar-refractivity contribution in [2.45, 2.75) is 15.2 Å². The molecule has 0 radical (unpaired) electrons. The maximum absolute atomic E-state index is 12.8. The van der Waals surface area contributed by atoms with E-state index in [0.717, 1.165) is 20.9 Å². The number of benzene rings is 1. The average Bonchev–Trinajstić information content (AvgIpc) is 3.24. The van der Waals surface area contributed by atoms with Crippen LogP contribution in [-0.2, 0) is 0 Å². The van der Waals surface area contributed by atoms with Crippen LogP contribution in [0.2, 0.25) is 0 Å². The van der Waals surface area contributed by atoms with E-state index < -0.39 is 0 Å². The van der Waals surface area contributed by atoms with Crippen LogP contribution in [0.4, 0.5) is 5.69 Å². The number of carbonyl (C=O) groups is 1. The Labute approximate surface area is 176 Å². The molecule has 0 aliphatic carbocycles. The van der Waals surface area contributed by atoms with E-state index in [1.165, 1.54) is 11.8 Å². The Kier molecular flexibility index (Phi) is 5.92. The van der Waals surface area contributed by atoms with Crippen molar-refractivity contribution in [3.63, 3.8) is 0 Å². The first-order valence-electron chi connectivity index (χ1n) is 8.77. The summed E-state index contributed by atoms with van der Waals surface area (Å²) >= 11 is 3.00. The van der Waals surface area contributed by atoms with Crippen molar-refractivity contribution in [1.29, 1.82) is 0 Å². The third kappa shape index (κ3) is 4.67. The van der Waals surface area contributed by atoms with Crippen molar-refractivity contribution < 1.29 is 4.79 Å². The number of aromatic nitrogens is 4. The lowest BCUT2D eigenvalue weighted by molar-refractivity contribution is 0.102. The molecule has 0 aliphatic rings. The second-order valence-corrected chi connectivity index (χ2v) is 7.76. The first-order chi connectivity index (χ1) is 14.2. The Bertz CT molecular complexity index is 1130. The van der Waals surface area contributed by atoms with Crippen molar-refractivity contribution in [3.05, 3.63) is 84.9 Å². The molecule has 0 spiro atoms. The molecule has 0 atom stereocenters. The first kappa shape index (κ1) is 19.2. The molecule has 0 aliphatic heterocycles. The van der Waals surface area contributed by atoms with Gasteiger partial charge in [-0.2, -0.15) is 0 Å². The van der Waals surface area contributed by atoms with Crippen LogP contribution in [0.3, 0.4) is 0 Å². The van der Waals surface area contributed by atoms with Crippen LogP contribution >= 0.6 is 23.5 Å². The highest BCUT2D eigenvalue weighted by atomic mass is 32.2. The molecule has 0 saturated carbocycles. The van der Waals surface area contributed by atoms with E-state index in [0.29, 0.717) is 11.3 Å². The minimum atomic E-state index is -0.183. The molecule has 6 nitrogen and oxygen atoms in total. The van der Waals surface area contributed by atoms with Gasteiger partial charge in [-0.05, 0) is 48.7 Å². The second kappa shape index (κ2) is 8.93. The summed E-state index contributed by atoms with van der Waals surface area (Å²) in [4.78, 5) is 25.7. The Morgan fingerprint density at radius 3 is 2.66 bits per heavy atom. The zero-order valence-corrected chi connectivity index (χ0v) is 17.2. The van der Waals surface area contributed by atoms with Crippen LogP contribution in [0.5, 0.6) is 0 Å². The molecule has 1 amide bonds. The lowest BCUT2D eigenvalue weighted by Crippen LogP contribution is -2.12.